The molecule has 5 nitrogen and oxygen atoms in total. The van der Waals surface area contributed by atoms with Gasteiger partial charge in [0.2, 0.25) is 5.91 Å². The molecule has 1 aromatic carbocycles. The zero-order valence-electron chi connectivity index (χ0n) is 15.0. The quantitative estimate of drug-likeness (QED) is 0.911. The number of rotatable bonds is 5. The molecule has 1 N–H and O–H groups in total. The lowest BCUT2D eigenvalue weighted by molar-refractivity contribution is -0.125. The molecule has 132 valence electrons. The van der Waals surface area contributed by atoms with E-state index in [2.05, 4.69) is 44.4 Å². The van der Waals surface area contributed by atoms with Crippen molar-refractivity contribution in [2.24, 2.45) is 5.92 Å². The predicted octanol–water partition coefficient (Wildman–Crippen LogP) is 2.68. The van der Waals surface area contributed by atoms with Crippen molar-refractivity contribution in [1.82, 2.24) is 10.3 Å². The second-order valence-corrected chi connectivity index (χ2v) is 6.77. The molecule has 1 aliphatic heterocycles. The van der Waals surface area contributed by atoms with Crippen molar-refractivity contribution < 1.29 is 4.79 Å². The Labute approximate surface area is 149 Å². The van der Waals surface area contributed by atoms with E-state index in [1.165, 1.54) is 0 Å². The second-order valence-electron chi connectivity index (χ2n) is 6.77. The van der Waals surface area contributed by atoms with Crippen LogP contribution in [-0.4, -0.2) is 38.1 Å². The number of hydrogen-bond donors (Lipinski definition) is 1. The molecule has 1 aliphatic rings. The monoisotopic (exact) mass is 338 g/mol. The van der Waals surface area contributed by atoms with Crippen LogP contribution < -0.4 is 15.1 Å². The fourth-order valence-electron chi connectivity index (χ4n) is 3.23. The minimum atomic E-state index is 0.0444. The topological polar surface area (TPSA) is 48.5 Å². The van der Waals surface area contributed by atoms with Gasteiger partial charge in [-0.25, -0.2) is 0 Å². The van der Waals surface area contributed by atoms with Gasteiger partial charge in [-0.3, -0.25) is 9.78 Å². The third-order valence-corrected chi connectivity index (χ3v) is 4.74. The Morgan fingerprint density at radius 1 is 1.20 bits per heavy atom. The first-order valence-corrected chi connectivity index (χ1v) is 8.82. The number of benzene rings is 1. The SMILES string of the molecule is CN(C)c1ccc(CNC(=O)[C@H]2CCCN(c3ccncc3)C2)cc1. The van der Waals surface area contributed by atoms with Crippen molar-refractivity contribution in [1.29, 1.82) is 0 Å². The van der Waals surface area contributed by atoms with Crippen LogP contribution >= 0.6 is 0 Å². The fourth-order valence-corrected chi connectivity index (χ4v) is 3.23. The Bertz CT molecular complexity index is 685. The van der Waals surface area contributed by atoms with Crippen LogP contribution in [0.4, 0.5) is 11.4 Å². The molecule has 1 aromatic heterocycles. The summed E-state index contributed by atoms with van der Waals surface area (Å²) >= 11 is 0. The van der Waals surface area contributed by atoms with Crippen molar-refractivity contribution in [2.45, 2.75) is 19.4 Å². The van der Waals surface area contributed by atoms with E-state index in [0.717, 1.165) is 42.9 Å². The number of nitrogens with zero attached hydrogens (tertiary/aromatic N) is 3. The zero-order chi connectivity index (χ0) is 17.6. The van der Waals surface area contributed by atoms with Gasteiger partial charge in [0.15, 0.2) is 0 Å². The van der Waals surface area contributed by atoms with E-state index in [1.807, 2.05) is 26.2 Å². The van der Waals surface area contributed by atoms with Crippen LogP contribution in [0.1, 0.15) is 18.4 Å². The van der Waals surface area contributed by atoms with Crippen LogP contribution in [0.25, 0.3) is 0 Å². The molecule has 2 heterocycles. The normalized spacial score (nSPS) is 17.2. The summed E-state index contributed by atoms with van der Waals surface area (Å²) in [6.07, 6.45) is 5.59. The van der Waals surface area contributed by atoms with Crippen LogP contribution in [0.5, 0.6) is 0 Å². The molecule has 5 heteroatoms. The van der Waals surface area contributed by atoms with E-state index in [1.54, 1.807) is 12.4 Å². The highest BCUT2D eigenvalue weighted by Gasteiger charge is 2.25. The summed E-state index contributed by atoms with van der Waals surface area (Å²) in [7, 11) is 4.04. The van der Waals surface area contributed by atoms with Gasteiger partial charge in [-0.15, -0.1) is 0 Å². The van der Waals surface area contributed by atoms with E-state index in [-0.39, 0.29) is 11.8 Å². The van der Waals surface area contributed by atoms with Crippen LogP contribution in [0.2, 0.25) is 0 Å². The smallest absolute Gasteiger partial charge is 0.225 e. The van der Waals surface area contributed by atoms with Gasteiger partial charge < -0.3 is 15.1 Å². The molecule has 3 rings (SSSR count). The van der Waals surface area contributed by atoms with Crippen LogP contribution in [0, 0.1) is 5.92 Å². The molecule has 0 spiro atoms. The molecule has 0 aliphatic carbocycles. The molecule has 1 amide bonds. The highest BCUT2D eigenvalue weighted by Crippen LogP contribution is 2.22. The van der Waals surface area contributed by atoms with Crippen LogP contribution in [0.3, 0.4) is 0 Å². The third-order valence-electron chi connectivity index (χ3n) is 4.74. The second kappa shape index (κ2) is 8.01. The maximum atomic E-state index is 12.6. The maximum Gasteiger partial charge on any atom is 0.225 e. The average Bonchev–Trinajstić information content (AvgIpc) is 2.67. The molecule has 2 aromatic rings. The van der Waals surface area contributed by atoms with Crippen LogP contribution in [-0.2, 0) is 11.3 Å². The summed E-state index contributed by atoms with van der Waals surface area (Å²) < 4.78 is 0. The number of piperidine rings is 1. The zero-order valence-corrected chi connectivity index (χ0v) is 15.0. The Morgan fingerprint density at radius 2 is 1.92 bits per heavy atom. The summed E-state index contributed by atoms with van der Waals surface area (Å²) in [4.78, 5) is 21.0. The van der Waals surface area contributed by atoms with E-state index >= 15 is 0 Å². The van der Waals surface area contributed by atoms with Gasteiger partial charge >= 0.3 is 0 Å². The van der Waals surface area contributed by atoms with Crippen molar-refractivity contribution in [3.63, 3.8) is 0 Å². The molecular formula is C20H26N4O. The van der Waals surface area contributed by atoms with Crippen molar-refractivity contribution in [3.05, 3.63) is 54.4 Å². The molecule has 1 fully saturated rings. The molecular weight excluding hydrogens is 312 g/mol. The van der Waals surface area contributed by atoms with E-state index in [4.69, 9.17) is 0 Å². The lowest BCUT2D eigenvalue weighted by atomic mass is 9.96. The first kappa shape index (κ1) is 17.3. The van der Waals surface area contributed by atoms with Crippen molar-refractivity contribution in [2.75, 3.05) is 37.0 Å². The number of carbonyl (C=O) groups excluding carboxylic acids is 1. The average molecular weight is 338 g/mol. The molecule has 1 atom stereocenters. The van der Waals surface area contributed by atoms with Crippen LogP contribution in [0.15, 0.2) is 48.8 Å². The largest absolute Gasteiger partial charge is 0.378 e. The number of amides is 1. The standard InChI is InChI=1S/C20H26N4O/c1-23(2)18-7-5-16(6-8-18)14-22-20(25)17-4-3-13-24(15-17)19-9-11-21-12-10-19/h5-12,17H,3-4,13-15H2,1-2H3,(H,22,25)/t17-/m0/s1. The molecule has 0 saturated carbocycles. The van der Waals surface area contributed by atoms with E-state index < -0.39 is 0 Å². The minimum absolute atomic E-state index is 0.0444. The number of anilines is 2. The Kier molecular flexibility index (Phi) is 5.53. The molecule has 1 saturated heterocycles. The summed E-state index contributed by atoms with van der Waals surface area (Å²) in [5, 5.41) is 3.10. The van der Waals surface area contributed by atoms with Gasteiger partial charge in [0, 0.05) is 57.5 Å². The van der Waals surface area contributed by atoms with Crippen molar-refractivity contribution in [3.8, 4) is 0 Å². The Hall–Kier alpha value is -2.56. The van der Waals surface area contributed by atoms with Gasteiger partial charge in [0.05, 0.1) is 5.92 Å². The number of pyridine rings is 1. The maximum absolute atomic E-state index is 12.6. The first-order chi connectivity index (χ1) is 12.1. The van der Waals surface area contributed by atoms with Gasteiger partial charge in [-0.2, -0.15) is 0 Å². The number of nitrogens with one attached hydrogen (secondary N) is 1. The minimum Gasteiger partial charge on any atom is -0.378 e. The first-order valence-electron chi connectivity index (χ1n) is 8.82. The molecule has 0 bridgehead atoms. The highest BCUT2D eigenvalue weighted by atomic mass is 16.1. The van der Waals surface area contributed by atoms with Gasteiger partial charge in [0.25, 0.3) is 0 Å². The number of hydrogen-bond acceptors (Lipinski definition) is 4. The fraction of sp³-hybridized carbons (Fsp3) is 0.400. The Balaban J connectivity index is 1.54. The lowest BCUT2D eigenvalue weighted by Crippen LogP contribution is -2.43. The summed E-state index contributed by atoms with van der Waals surface area (Å²) in [5.41, 5.74) is 3.43. The predicted molar refractivity (Wildman–Crippen MR) is 102 cm³/mol. The summed E-state index contributed by atoms with van der Waals surface area (Å²) in [6, 6.07) is 12.3. The van der Waals surface area contributed by atoms with Gasteiger partial charge in [-0.05, 0) is 42.7 Å². The molecule has 0 radical (unpaired) electrons. The number of carbonyl (C=O) groups is 1. The van der Waals surface area contributed by atoms with E-state index in [9.17, 15) is 4.79 Å². The Morgan fingerprint density at radius 3 is 2.60 bits per heavy atom. The number of aromatic nitrogens is 1. The lowest BCUT2D eigenvalue weighted by Gasteiger charge is -2.33. The summed E-state index contributed by atoms with van der Waals surface area (Å²) in [6.45, 7) is 2.35. The van der Waals surface area contributed by atoms with E-state index in [0.29, 0.717) is 6.54 Å². The summed E-state index contributed by atoms with van der Waals surface area (Å²) in [5.74, 6) is 0.193. The highest BCUT2D eigenvalue weighted by molar-refractivity contribution is 5.79. The molecule has 25 heavy (non-hydrogen) atoms. The third kappa shape index (κ3) is 4.50. The molecule has 0 unspecified atom stereocenters. The van der Waals surface area contributed by atoms with Gasteiger partial charge in [-0.1, -0.05) is 12.1 Å². The van der Waals surface area contributed by atoms with Gasteiger partial charge in [0.1, 0.15) is 0 Å². The van der Waals surface area contributed by atoms with Crippen molar-refractivity contribution >= 4 is 17.3 Å².